The molecule has 1 aliphatic rings. The predicted molar refractivity (Wildman–Crippen MR) is 58.9 cm³/mol. The van der Waals surface area contributed by atoms with Gasteiger partial charge in [0.25, 0.3) is 0 Å². The molecule has 0 unspecified atom stereocenters. The normalized spacial score (nSPS) is 15.4. The molecule has 98 valence electrons. The Labute approximate surface area is 101 Å². The van der Waals surface area contributed by atoms with Gasteiger partial charge in [0, 0.05) is 6.07 Å². The molecule has 8 heteroatoms. The number of sulfonamides is 1. The molecule has 0 amide bonds. The second kappa shape index (κ2) is 4.20. The van der Waals surface area contributed by atoms with Crippen LogP contribution in [-0.2, 0) is 10.0 Å². The van der Waals surface area contributed by atoms with Gasteiger partial charge in [-0.25, -0.2) is 22.0 Å². The van der Waals surface area contributed by atoms with Gasteiger partial charge in [0.15, 0.2) is 0 Å². The van der Waals surface area contributed by atoms with E-state index in [1.165, 1.54) is 0 Å². The fourth-order valence-corrected chi connectivity index (χ4v) is 2.79. The molecule has 2 rings (SSSR count). The van der Waals surface area contributed by atoms with E-state index >= 15 is 0 Å². The molecule has 0 atom stereocenters. The second-order valence-corrected chi connectivity index (χ2v) is 5.92. The summed E-state index contributed by atoms with van der Waals surface area (Å²) in [7, 11) is -3.72. The predicted octanol–water partition coefficient (Wildman–Crippen LogP) is 1.57. The fraction of sp³-hybridized carbons (Fsp3) is 0.300. The van der Waals surface area contributed by atoms with Crippen LogP contribution >= 0.6 is 0 Å². The SMILES string of the molecule is O=C(O)c1cc(NS(=O)(=O)C2CC2)c(F)cc1F. The maximum Gasteiger partial charge on any atom is 0.338 e. The number of benzene rings is 1. The minimum absolute atomic E-state index is 0.341. The van der Waals surface area contributed by atoms with Crippen LogP contribution in [0.3, 0.4) is 0 Å². The first-order chi connectivity index (χ1) is 8.31. The number of nitrogens with one attached hydrogen (secondary N) is 1. The molecular formula is C10H9F2NO4S. The van der Waals surface area contributed by atoms with Crippen LogP contribution in [0.4, 0.5) is 14.5 Å². The Kier molecular flexibility index (Phi) is 2.97. The van der Waals surface area contributed by atoms with E-state index in [4.69, 9.17) is 5.11 Å². The van der Waals surface area contributed by atoms with Crippen molar-refractivity contribution in [3.63, 3.8) is 0 Å². The zero-order valence-corrected chi connectivity index (χ0v) is 9.80. The van der Waals surface area contributed by atoms with Gasteiger partial charge in [0.1, 0.15) is 11.6 Å². The number of hydrogen-bond donors (Lipinski definition) is 2. The first-order valence-electron chi connectivity index (χ1n) is 5.05. The Morgan fingerprint density at radius 2 is 1.89 bits per heavy atom. The largest absolute Gasteiger partial charge is 0.478 e. The number of carboxylic acids is 1. The Balaban J connectivity index is 2.38. The van der Waals surface area contributed by atoms with E-state index in [9.17, 15) is 22.0 Å². The third-order valence-corrected chi connectivity index (χ3v) is 4.36. The summed E-state index contributed by atoms with van der Waals surface area (Å²) in [6.45, 7) is 0. The van der Waals surface area contributed by atoms with Crippen LogP contribution in [0.2, 0.25) is 0 Å². The number of aromatic carboxylic acids is 1. The van der Waals surface area contributed by atoms with E-state index in [2.05, 4.69) is 0 Å². The number of anilines is 1. The summed E-state index contributed by atoms with van der Waals surface area (Å²) in [5.74, 6) is -4.00. The fourth-order valence-electron chi connectivity index (χ4n) is 1.41. The van der Waals surface area contributed by atoms with Crippen LogP contribution in [0, 0.1) is 11.6 Å². The Hall–Kier alpha value is -1.70. The van der Waals surface area contributed by atoms with Gasteiger partial charge in [-0.1, -0.05) is 0 Å². The first kappa shape index (κ1) is 12.7. The van der Waals surface area contributed by atoms with E-state index < -0.39 is 44.1 Å². The smallest absolute Gasteiger partial charge is 0.338 e. The molecule has 0 bridgehead atoms. The van der Waals surface area contributed by atoms with E-state index in [1.807, 2.05) is 4.72 Å². The van der Waals surface area contributed by atoms with Crippen molar-refractivity contribution in [3.05, 3.63) is 29.3 Å². The molecule has 0 radical (unpaired) electrons. The van der Waals surface area contributed by atoms with E-state index in [-0.39, 0.29) is 0 Å². The molecule has 1 aliphatic carbocycles. The summed E-state index contributed by atoms with van der Waals surface area (Å²) < 4.78 is 51.5. The van der Waals surface area contributed by atoms with Gasteiger partial charge >= 0.3 is 5.97 Å². The van der Waals surface area contributed by atoms with E-state index in [0.29, 0.717) is 25.0 Å². The van der Waals surface area contributed by atoms with Crippen molar-refractivity contribution in [1.29, 1.82) is 0 Å². The Bertz CT molecular complexity index is 611. The summed E-state index contributed by atoms with van der Waals surface area (Å²) in [5, 5.41) is 8.07. The molecule has 2 N–H and O–H groups in total. The van der Waals surface area contributed by atoms with Gasteiger partial charge in [-0.2, -0.15) is 0 Å². The van der Waals surface area contributed by atoms with Crippen molar-refractivity contribution in [3.8, 4) is 0 Å². The lowest BCUT2D eigenvalue weighted by Gasteiger charge is -2.09. The summed E-state index contributed by atoms with van der Waals surface area (Å²) in [6, 6.07) is 0.973. The average molecular weight is 277 g/mol. The molecule has 5 nitrogen and oxygen atoms in total. The van der Waals surface area contributed by atoms with Gasteiger partial charge in [0.2, 0.25) is 10.0 Å². The van der Waals surface area contributed by atoms with Crippen molar-refractivity contribution in [2.75, 3.05) is 4.72 Å². The van der Waals surface area contributed by atoms with Crippen LogP contribution in [0.15, 0.2) is 12.1 Å². The number of rotatable bonds is 4. The number of hydrogen-bond acceptors (Lipinski definition) is 3. The van der Waals surface area contributed by atoms with Crippen molar-refractivity contribution in [2.24, 2.45) is 0 Å². The lowest BCUT2D eigenvalue weighted by atomic mass is 10.2. The van der Waals surface area contributed by atoms with Gasteiger partial charge in [0.05, 0.1) is 16.5 Å². The summed E-state index contributed by atoms with van der Waals surface area (Å²) >= 11 is 0. The van der Waals surface area contributed by atoms with Crippen LogP contribution in [-0.4, -0.2) is 24.7 Å². The van der Waals surface area contributed by atoms with Crippen LogP contribution in [0.5, 0.6) is 0 Å². The molecule has 0 saturated heterocycles. The van der Waals surface area contributed by atoms with Crippen molar-refractivity contribution < 1.29 is 27.1 Å². The molecule has 18 heavy (non-hydrogen) atoms. The topological polar surface area (TPSA) is 83.5 Å². The van der Waals surface area contributed by atoms with Gasteiger partial charge < -0.3 is 5.11 Å². The first-order valence-corrected chi connectivity index (χ1v) is 6.60. The Morgan fingerprint density at radius 3 is 2.39 bits per heavy atom. The highest BCUT2D eigenvalue weighted by Gasteiger charge is 2.36. The van der Waals surface area contributed by atoms with E-state index in [0.717, 1.165) is 0 Å². The Morgan fingerprint density at radius 1 is 1.28 bits per heavy atom. The molecule has 0 aromatic heterocycles. The lowest BCUT2D eigenvalue weighted by Crippen LogP contribution is -2.19. The quantitative estimate of drug-likeness (QED) is 0.875. The van der Waals surface area contributed by atoms with E-state index in [1.54, 1.807) is 0 Å². The summed E-state index contributed by atoms with van der Waals surface area (Å²) in [5.41, 5.74) is -1.34. The molecule has 1 aromatic rings. The standard InChI is InChI=1S/C10H9F2NO4S/c11-7-4-8(12)9(3-6(7)10(14)15)13-18(16,17)5-1-2-5/h3-5,13H,1-2H2,(H,14,15). The summed E-state index contributed by atoms with van der Waals surface area (Å²) in [4.78, 5) is 10.7. The van der Waals surface area contributed by atoms with Crippen LogP contribution < -0.4 is 4.72 Å². The highest BCUT2D eigenvalue weighted by molar-refractivity contribution is 7.93. The summed E-state index contributed by atoms with van der Waals surface area (Å²) in [6.07, 6.45) is 0.952. The third-order valence-electron chi connectivity index (χ3n) is 2.50. The number of carbonyl (C=O) groups is 1. The highest BCUT2D eigenvalue weighted by Crippen LogP contribution is 2.31. The van der Waals surface area contributed by atoms with Crippen LogP contribution in [0.1, 0.15) is 23.2 Å². The minimum atomic E-state index is -3.72. The molecule has 1 saturated carbocycles. The van der Waals surface area contributed by atoms with Crippen LogP contribution in [0.25, 0.3) is 0 Å². The highest BCUT2D eigenvalue weighted by atomic mass is 32.2. The zero-order valence-electron chi connectivity index (χ0n) is 8.98. The van der Waals surface area contributed by atoms with Gasteiger partial charge in [-0.15, -0.1) is 0 Å². The molecule has 0 spiro atoms. The minimum Gasteiger partial charge on any atom is -0.478 e. The monoisotopic (exact) mass is 277 g/mol. The molecule has 1 fully saturated rings. The maximum atomic E-state index is 13.3. The molecule has 0 heterocycles. The molecule has 1 aromatic carbocycles. The van der Waals surface area contributed by atoms with Gasteiger partial charge in [-0.05, 0) is 18.9 Å². The molecule has 0 aliphatic heterocycles. The zero-order chi connectivity index (χ0) is 13.5. The lowest BCUT2D eigenvalue weighted by molar-refractivity contribution is 0.0692. The third kappa shape index (κ3) is 2.42. The number of halogens is 2. The van der Waals surface area contributed by atoms with Crippen molar-refractivity contribution >= 4 is 21.7 Å². The second-order valence-electron chi connectivity index (χ2n) is 3.96. The van der Waals surface area contributed by atoms with Gasteiger partial charge in [-0.3, -0.25) is 4.72 Å². The van der Waals surface area contributed by atoms with Crippen molar-refractivity contribution in [1.82, 2.24) is 0 Å². The average Bonchev–Trinajstić information content (AvgIpc) is 3.04. The van der Waals surface area contributed by atoms with Crippen molar-refractivity contribution in [2.45, 2.75) is 18.1 Å². The number of carboxylic acid groups (broad SMARTS) is 1. The molecular weight excluding hydrogens is 268 g/mol. The maximum absolute atomic E-state index is 13.3.